The number of aromatic carboxylic acids is 1. The number of nitrogens with one attached hydrogen (secondary N) is 1. The van der Waals surface area contributed by atoms with Crippen molar-refractivity contribution in [3.05, 3.63) is 35.4 Å². The molecule has 0 amide bonds. The Morgan fingerprint density at radius 2 is 2.29 bits per heavy atom. The topological polar surface area (TPSA) is 49.3 Å². The normalized spacial score (nSPS) is 19.4. The van der Waals surface area contributed by atoms with E-state index in [9.17, 15) is 4.79 Å². The van der Waals surface area contributed by atoms with Crippen LogP contribution in [0.3, 0.4) is 0 Å². The summed E-state index contributed by atoms with van der Waals surface area (Å²) in [4.78, 5) is 11.0. The first-order valence-electron chi connectivity index (χ1n) is 5.91. The maximum Gasteiger partial charge on any atom is 0.336 e. The van der Waals surface area contributed by atoms with E-state index in [4.69, 9.17) is 5.11 Å². The van der Waals surface area contributed by atoms with Gasteiger partial charge in [0.2, 0.25) is 0 Å². The molecule has 0 radical (unpaired) electrons. The van der Waals surface area contributed by atoms with E-state index in [1.54, 1.807) is 12.1 Å². The van der Waals surface area contributed by atoms with Gasteiger partial charge in [-0.1, -0.05) is 18.2 Å². The van der Waals surface area contributed by atoms with E-state index >= 15 is 0 Å². The smallest absolute Gasteiger partial charge is 0.336 e. The van der Waals surface area contributed by atoms with Crippen LogP contribution in [0.5, 0.6) is 0 Å². The lowest BCUT2D eigenvalue weighted by molar-refractivity contribution is 0.0695. The summed E-state index contributed by atoms with van der Waals surface area (Å²) in [6, 6.07) is 7.18. The van der Waals surface area contributed by atoms with Crippen molar-refractivity contribution in [1.82, 2.24) is 5.32 Å². The minimum absolute atomic E-state index is 0.402. The second kappa shape index (κ2) is 6.07. The number of hydrogen-bond acceptors (Lipinski definition) is 3. The molecule has 1 atom stereocenters. The van der Waals surface area contributed by atoms with E-state index in [-0.39, 0.29) is 0 Å². The first-order chi connectivity index (χ1) is 8.27. The Morgan fingerprint density at radius 1 is 1.47 bits per heavy atom. The van der Waals surface area contributed by atoms with Crippen LogP contribution in [0.25, 0.3) is 0 Å². The molecule has 2 N–H and O–H groups in total. The third-order valence-electron chi connectivity index (χ3n) is 2.96. The van der Waals surface area contributed by atoms with Crippen molar-refractivity contribution < 1.29 is 9.90 Å². The van der Waals surface area contributed by atoms with Crippen molar-refractivity contribution in [2.24, 2.45) is 0 Å². The van der Waals surface area contributed by atoms with Gasteiger partial charge in [0.15, 0.2) is 0 Å². The molecule has 1 aromatic carbocycles. The molecule has 1 heterocycles. The highest BCUT2D eigenvalue weighted by molar-refractivity contribution is 8.00. The molecule has 0 saturated carbocycles. The summed E-state index contributed by atoms with van der Waals surface area (Å²) in [6.45, 7) is 1.61. The highest BCUT2D eigenvalue weighted by atomic mass is 32.2. The summed E-state index contributed by atoms with van der Waals surface area (Å²) in [7, 11) is 0. The highest BCUT2D eigenvalue weighted by Gasteiger charge is 2.15. The van der Waals surface area contributed by atoms with E-state index in [1.807, 2.05) is 23.9 Å². The van der Waals surface area contributed by atoms with Crippen molar-refractivity contribution in [2.45, 2.75) is 24.6 Å². The Kier molecular flexibility index (Phi) is 4.45. The number of rotatable bonds is 5. The monoisotopic (exact) mass is 251 g/mol. The largest absolute Gasteiger partial charge is 0.478 e. The lowest BCUT2D eigenvalue weighted by Crippen LogP contribution is -2.23. The fourth-order valence-electron chi connectivity index (χ4n) is 2.06. The molecule has 0 spiro atoms. The Bertz CT molecular complexity index is 389. The molecule has 2 rings (SSSR count). The first kappa shape index (κ1) is 12.5. The molecule has 1 aliphatic rings. The first-order valence-corrected chi connectivity index (χ1v) is 6.96. The van der Waals surface area contributed by atoms with Crippen molar-refractivity contribution >= 4 is 17.7 Å². The summed E-state index contributed by atoms with van der Waals surface area (Å²) < 4.78 is 0. The van der Waals surface area contributed by atoms with Gasteiger partial charge >= 0.3 is 5.97 Å². The third kappa shape index (κ3) is 3.48. The molecule has 1 aliphatic heterocycles. The van der Waals surface area contributed by atoms with Gasteiger partial charge in [0.05, 0.1) is 5.56 Å². The molecule has 17 heavy (non-hydrogen) atoms. The maximum atomic E-state index is 11.0. The van der Waals surface area contributed by atoms with Gasteiger partial charge in [-0.2, -0.15) is 11.8 Å². The Labute approximate surface area is 106 Å². The average Bonchev–Trinajstić information content (AvgIpc) is 2.82. The highest BCUT2D eigenvalue weighted by Crippen LogP contribution is 2.25. The molecule has 4 heteroatoms. The maximum absolute atomic E-state index is 11.0. The van der Waals surface area contributed by atoms with Crippen LogP contribution in [0, 0.1) is 0 Å². The SMILES string of the molecule is O=C(O)c1ccccc1CNCC1CCCS1. The fraction of sp³-hybridized carbons (Fsp3) is 0.462. The standard InChI is InChI=1S/C13H17NO2S/c15-13(16)12-6-2-1-4-10(12)8-14-9-11-5-3-7-17-11/h1-2,4,6,11,14H,3,5,7-9H2,(H,15,16). The summed E-state index contributed by atoms with van der Waals surface area (Å²) >= 11 is 2.01. The quantitative estimate of drug-likeness (QED) is 0.843. The van der Waals surface area contributed by atoms with Crippen molar-refractivity contribution in [1.29, 1.82) is 0 Å². The van der Waals surface area contributed by atoms with Gasteiger partial charge in [0.1, 0.15) is 0 Å². The van der Waals surface area contributed by atoms with E-state index in [0.717, 1.165) is 12.1 Å². The number of carbonyl (C=O) groups is 1. The van der Waals surface area contributed by atoms with Crippen LogP contribution in [0.1, 0.15) is 28.8 Å². The van der Waals surface area contributed by atoms with Crippen LogP contribution >= 0.6 is 11.8 Å². The van der Waals surface area contributed by atoms with Crippen LogP contribution in [0.2, 0.25) is 0 Å². The van der Waals surface area contributed by atoms with Gasteiger partial charge in [0, 0.05) is 18.3 Å². The van der Waals surface area contributed by atoms with Gasteiger partial charge in [-0.05, 0) is 30.2 Å². The Morgan fingerprint density at radius 3 is 3.00 bits per heavy atom. The van der Waals surface area contributed by atoms with Crippen molar-refractivity contribution in [3.63, 3.8) is 0 Å². The van der Waals surface area contributed by atoms with Crippen LogP contribution in [0.15, 0.2) is 24.3 Å². The number of carboxylic acid groups (broad SMARTS) is 1. The number of hydrogen-bond donors (Lipinski definition) is 2. The van der Waals surface area contributed by atoms with Crippen molar-refractivity contribution in [3.8, 4) is 0 Å². The van der Waals surface area contributed by atoms with Gasteiger partial charge in [-0.25, -0.2) is 4.79 Å². The molecule has 1 fully saturated rings. The molecule has 0 bridgehead atoms. The number of benzene rings is 1. The Balaban J connectivity index is 1.87. The van der Waals surface area contributed by atoms with E-state index in [0.29, 0.717) is 17.4 Å². The lowest BCUT2D eigenvalue weighted by Gasteiger charge is -2.11. The van der Waals surface area contributed by atoms with Crippen LogP contribution < -0.4 is 5.32 Å². The zero-order chi connectivity index (χ0) is 12.1. The summed E-state index contributed by atoms with van der Waals surface area (Å²) in [5.41, 5.74) is 1.27. The predicted octanol–water partition coefficient (Wildman–Crippen LogP) is 2.37. The van der Waals surface area contributed by atoms with Crippen LogP contribution in [-0.2, 0) is 6.54 Å². The zero-order valence-electron chi connectivity index (χ0n) is 9.69. The number of thioether (sulfide) groups is 1. The van der Waals surface area contributed by atoms with Gasteiger partial charge in [0.25, 0.3) is 0 Å². The molecule has 0 aromatic heterocycles. The molecule has 0 aliphatic carbocycles. The third-order valence-corrected chi connectivity index (χ3v) is 4.36. The minimum Gasteiger partial charge on any atom is -0.478 e. The molecule has 1 unspecified atom stereocenters. The lowest BCUT2D eigenvalue weighted by atomic mass is 10.1. The van der Waals surface area contributed by atoms with Crippen LogP contribution in [0.4, 0.5) is 0 Å². The average molecular weight is 251 g/mol. The molecule has 3 nitrogen and oxygen atoms in total. The van der Waals surface area contributed by atoms with Crippen LogP contribution in [-0.4, -0.2) is 28.6 Å². The van der Waals surface area contributed by atoms with Gasteiger partial charge in [-0.15, -0.1) is 0 Å². The molecular weight excluding hydrogens is 234 g/mol. The van der Waals surface area contributed by atoms with Crippen molar-refractivity contribution in [2.75, 3.05) is 12.3 Å². The second-order valence-corrected chi connectivity index (χ2v) is 5.64. The molecule has 1 saturated heterocycles. The summed E-state index contributed by atoms with van der Waals surface area (Å²) in [6.07, 6.45) is 2.58. The Hall–Kier alpha value is -1.00. The molecule has 92 valence electrons. The van der Waals surface area contributed by atoms with Gasteiger partial charge in [-0.3, -0.25) is 0 Å². The summed E-state index contributed by atoms with van der Waals surface area (Å²) in [5.74, 6) is 0.413. The fourth-order valence-corrected chi connectivity index (χ4v) is 3.29. The predicted molar refractivity (Wildman–Crippen MR) is 70.6 cm³/mol. The van der Waals surface area contributed by atoms with E-state index in [1.165, 1.54) is 18.6 Å². The second-order valence-electron chi connectivity index (χ2n) is 4.23. The molecular formula is C13H17NO2S. The van der Waals surface area contributed by atoms with Gasteiger partial charge < -0.3 is 10.4 Å². The summed E-state index contributed by atoms with van der Waals surface area (Å²) in [5, 5.41) is 13.1. The number of carboxylic acids is 1. The van der Waals surface area contributed by atoms with E-state index in [2.05, 4.69) is 5.32 Å². The zero-order valence-corrected chi connectivity index (χ0v) is 10.5. The van der Waals surface area contributed by atoms with E-state index < -0.39 is 5.97 Å². The minimum atomic E-state index is -0.849. The molecule has 1 aromatic rings.